The van der Waals surface area contributed by atoms with Crippen LogP contribution < -0.4 is 5.32 Å². The van der Waals surface area contributed by atoms with Crippen molar-refractivity contribution in [2.75, 3.05) is 6.54 Å². The van der Waals surface area contributed by atoms with Crippen LogP contribution in [0.2, 0.25) is 0 Å². The van der Waals surface area contributed by atoms with Gasteiger partial charge >= 0.3 is 0 Å². The highest BCUT2D eigenvalue weighted by atomic mass is 14.8. The van der Waals surface area contributed by atoms with Crippen molar-refractivity contribution in [3.05, 3.63) is 54.4 Å². The van der Waals surface area contributed by atoms with E-state index in [-0.39, 0.29) is 0 Å². The predicted octanol–water partition coefficient (Wildman–Crippen LogP) is 2.86. The number of aromatic nitrogens is 1. The summed E-state index contributed by atoms with van der Waals surface area (Å²) in [6.45, 7) is 4.01. The molecule has 0 atom stereocenters. The SMILES string of the molecule is CCNCc1ccccc1-c1cccnc1. The Morgan fingerprint density at radius 1 is 1.12 bits per heavy atom. The van der Waals surface area contributed by atoms with Gasteiger partial charge in [0.1, 0.15) is 0 Å². The molecular formula is C14H16N2. The van der Waals surface area contributed by atoms with Gasteiger partial charge in [-0.1, -0.05) is 37.3 Å². The zero-order valence-electron chi connectivity index (χ0n) is 9.48. The van der Waals surface area contributed by atoms with Crippen molar-refractivity contribution in [1.82, 2.24) is 10.3 Å². The van der Waals surface area contributed by atoms with E-state index in [1.54, 1.807) is 6.20 Å². The van der Waals surface area contributed by atoms with Crippen LogP contribution in [-0.2, 0) is 6.54 Å². The van der Waals surface area contributed by atoms with Gasteiger partial charge in [0.2, 0.25) is 0 Å². The van der Waals surface area contributed by atoms with E-state index in [9.17, 15) is 0 Å². The number of pyridine rings is 1. The molecule has 0 unspecified atom stereocenters. The monoisotopic (exact) mass is 212 g/mol. The quantitative estimate of drug-likeness (QED) is 0.843. The third kappa shape index (κ3) is 2.47. The average molecular weight is 212 g/mol. The molecule has 2 nitrogen and oxygen atoms in total. The summed E-state index contributed by atoms with van der Waals surface area (Å²) in [6, 6.07) is 12.5. The number of nitrogens with zero attached hydrogens (tertiary/aromatic N) is 1. The lowest BCUT2D eigenvalue weighted by molar-refractivity contribution is 0.728. The summed E-state index contributed by atoms with van der Waals surface area (Å²) < 4.78 is 0. The molecule has 0 saturated carbocycles. The molecule has 0 aliphatic rings. The van der Waals surface area contributed by atoms with Gasteiger partial charge in [0.15, 0.2) is 0 Å². The molecule has 0 radical (unpaired) electrons. The van der Waals surface area contributed by atoms with Gasteiger partial charge in [0.05, 0.1) is 0 Å². The van der Waals surface area contributed by atoms with E-state index in [0.29, 0.717) is 0 Å². The van der Waals surface area contributed by atoms with Crippen molar-refractivity contribution < 1.29 is 0 Å². The van der Waals surface area contributed by atoms with Crippen molar-refractivity contribution in [2.24, 2.45) is 0 Å². The molecule has 1 heterocycles. The van der Waals surface area contributed by atoms with Gasteiger partial charge in [-0.2, -0.15) is 0 Å². The Morgan fingerprint density at radius 3 is 2.75 bits per heavy atom. The van der Waals surface area contributed by atoms with Gasteiger partial charge in [0, 0.05) is 24.5 Å². The lowest BCUT2D eigenvalue weighted by Gasteiger charge is -2.09. The lowest BCUT2D eigenvalue weighted by Crippen LogP contribution is -2.12. The minimum Gasteiger partial charge on any atom is -0.313 e. The largest absolute Gasteiger partial charge is 0.313 e. The fourth-order valence-corrected chi connectivity index (χ4v) is 1.74. The molecule has 1 aromatic heterocycles. The van der Waals surface area contributed by atoms with Gasteiger partial charge in [-0.15, -0.1) is 0 Å². The van der Waals surface area contributed by atoms with Crippen LogP contribution in [0.25, 0.3) is 11.1 Å². The molecule has 2 heteroatoms. The topological polar surface area (TPSA) is 24.9 Å². The van der Waals surface area contributed by atoms with Crippen LogP contribution in [0.1, 0.15) is 12.5 Å². The van der Waals surface area contributed by atoms with Crippen molar-refractivity contribution in [1.29, 1.82) is 0 Å². The second-order valence-electron chi connectivity index (χ2n) is 3.68. The van der Waals surface area contributed by atoms with Gasteiger partial charge in [-0.3, -0.25) is 4.98 Å². The van der Waals surface area contributed by atoms with E-state index in [2.05, 4.69) is 47.6 Å². The molecule has 0 saturated heterocycles. The number of benzene rings is 1. The standard InChI is InChI=1S/C14H16N2/c1-2-15-10-12-6-3-4-8-14(12)13-7-5-9-16-11-13/h3-9,11,15H,2,10H2,1H3. The molecule has 82 valence electrons. The van der Waals surface area contributed by atoms with Gasteiger partial charge < -0.3 is 5.32 Å². The summed E-state index contributed by atoms with van der Waals surface area (Å²) >= 11 is 0. The molecular weight excluding hydrogens is 196 g/mol. The zero-order valence-corrected chi connectivity index (χ0v) is 9.48. The third-order valence-electron chi connectivity index (χ3n) is 2.56. The molecule has 2 rings (SSSR count). The Morgan fingerprint density at radius 2 is 2.00 bits per heavy atom. The highest BCUT2D eigenvalue weighted by Crippen LogP contribution is 2.22. The van der Waals surface area contributed by atoms with Crippen molar-refractivity contribution in [3.63, 3.8) is 0 Å². The molecule has 16 heavy (non-hydrogen) atoms. The maximum absolute atomic E-state index is 4.16. The fourth-order valence-electron chi connectivity index (χ4n) is 1.74. The van der Waals surface area contributed by atoms with Crippen LogP contribution in [0.15, 0.2) is 48.8 Å². The lowest BCUT2D eigenvalue weighted by atomic mass is 10.0. The first-order valence-corrected chi connectivity index (χ1v) is 5.61. The molecule has 2 aromatic rings. The van der Waals surface area contributed by atoms with Crippen molar-refractivity contribution in [2.45, 2.75) is 13.5 Å². The normalized spacial score (nSPS) is 10.3. The second kappa shape index (κ2) is 5.42. The van der Waals surface area contributed by atoms with Crippen LogP contribution in [0.5, 0.6) is 0 Å². The predicted molar refractivity (Wildman–Crippen MR) is 67.1 cm³/mol. The summed E-state index contributed by atoms with van der Waals surface area (Å²) in [4.78, 5) is 4.16. The Bertz CT molecular complexity index is 437. The molecule has 0 aliphatic carbocycles. The third-order valence-corrected chi connectivity index (χ3v) is 2.56. The zero-order chi connectivity index (χ0) is 11.2. The van der Waals surface area contributed by atoms with E-state index in [1.807, 2.05) is 12.3 Å². The van der Waals surface area contributed by atoms with Crippen LogP contribution in [0.4, 0.5) is 0 Å². The molecule has 0 spiro atoms. The molecule has 0 bridgehead atoms. The van der Waals surface area contributed by atoms with E-state index in [4.69, 9.17) is 0 Å². The molecule has 1 N–H and O–H groups in total. The molecule has 1 aromatic carbocycles. The Labute approximate surface area is 96.4 Å². The summed E-state index contributed by atoms with van der Waals surface area (Å²) in [5.41, 5.74) is 3.75. The van der Waals surface area contributed by atoms with E-state index in [0.717, 1.165) is 13.1 Å². The maximum atomic E-state index is 4.16. The highest BCUT2D eigenvalue weighted by Gasteiger charge is 2.03. The summed E-state index contributed by atoms with van der Waals surface area (Å²) in [6.07, 6.45) is 3.71. The van der Waals surface area contributed by atoms with Crippen LogP contribution >= 0.6 is 0 Å². The Hall–Kier alpha value is -1.67. The number of nitrogens with one attached hydrogen (secondary N) is 1. The molecule has 0 fully saturated rings. The molecule has 0 aliphatic heterocycles. The van der Waals surface area contributed by atoms with Gasteiger partial charge in [-0.25, -0.2) is 0 Å². The van der Waals surface area contributed by atoms with Crippen molar-refractivity contribution >= 4 is 0 Å². The second-order valence-corrected chi connectivity index (χ2v) is 3.68. The molecule has 0 amide bonds. The fraction of sp³-hybridized carbons (Fsp3) is 0.214. The first kappa shape index (κ1) is 10.8. The van der Waals surface area contributed by atoms with Gasteiger partial charge in [-0.05, 0) is 23.7 Å². The van der Waals surface area contributed by atoms with Gasteiger partial charge in [0.25, 0.3) is 0 Å². The van der Waals surface area contributed by atoms with E-state index >= 15 is 0 Å². The first-order valence-electron chi connectivity index (χ1n) is 5.61. The first-order chi connectivity index (χ1) is 7.92. The number of hydrogen-bond donors (Lipinski definition) is 1. The number of hydrogen-bond acceptors (Lipinski definition) is 2. The maximum Gasteiger partial charge on any atom is 0.0346 e. The minimum absolute atomic E-state index is 0.904. The minimum atomic E-state index is 0.904. The summed E-state index contributed by atoms with van der Waals surface area (Å²) in [5.74, 6) is 0. The van der Waals surface area contributed by atoms with E-state index in [1.165, 1.54) is 16.7 Å². The Balaban J connectivity index is 2.33. The Kier molecular flexibility index (Phi) is 3.67. The van der Waals surface area contributed by atoms with E-state index < -0.39 is 0 Å². The van der Waals surface area contributed by atoms with Crippen LogP contribution in [0.3, 0.4) is 0 Å². The number of rotatable bonds is 4. The highest BCUT2D eigenvalue weighted by molar-refractivity contribution is 5.66. The van der Waals surface area contributed by atoms with Crippen LogP contribution in [0, 0.1) is 0 Å². The summed E-state index contributed by atoms with van der Waals surface area (Å²) in [5, 5.41) is 3.35. The smallest absolute Gasteiger partial charge is 0.0346 e. The average Bonchev–Trinajstić information content (AvgIpc) is 2.38. The van der Waals surface area contributed by atoms with Crippen molar-refractivity contribution in [3.8, 4) is 11.1 Å². The summed E-state index contributed by atoms with van der Waals surface area (Å²) in [7, 11) is 0. The van der Waals surface area contributed by atoms with Crippen LogP contribution in [-0.4, -0.2) is 11.5 Å².